The summed E-state index contributed by atoms with van der Waals surface area (Å²) in [6.45, 7) is 5.27. The molecule has 0 spiro atoms. The van der Waals surface area contributed by atoms with Crippen LogP contribution in [0.1, 0.15) is 38.3 Å². The van der Waals surface area contributed by atoms with Crippen molar-refractivity contribution in [3.63, 3.8) is 0 Å². The van der Waals surface area contributed by atoms with Gasteiger partial charge in [0.2, 0.25) is 0 Å². The molecule has 3 rings (SSSR count). The standard InChI is InChI=1S/C21H21Cl2NO4/c1-12(2)28-17-7-5-4-6-14(17)11-24-19-15(8-9-16(22)18(19)23)21(27,20(24)26)10-13(3)25/h4-9,12,27H,10-11H2,1-3H3/t21-/m1/s1. The maximum absolute atomic E-state index is 13.2. The number of halogens is 2. The maximum atomic E-state index is 13.2. The van der Waals surface area contributed by atoms with Crippen LogP contribution in [0.4, 0.5) is 5.69 Å². The van der Waals surface area contributed by atoms with Crippen LogP contribution in [0.5, 0.6) is 5.75 Å². The number of anilines is 1. The van der Waals surface area contributed by atoms with E-state index in [1.165, 1.54) is 17.9 Å². The van der Waals surface area contributed by atoms with Gasteiger partial charge in [0, 0.05) is 17.5 Å². The summed E-state index contributed by atoms with van der Waals surface area (Å²) >= 11 is 12.6. The molecule has 0 unspecified atom stereocenters. The molecular formula is C21H21Cl2NO4. The van der Waals surface area contributed by atoms with Crippen LogP contribution in [0.25, 0.3) is 0 Å². The van der Waals surface area contributed by atoms with Crippen LogP contribution in [0.3, 0.4) is 0 Å². The van der Waals surface area contributed by atoms with Crippen molar-refractivity contribution >= 4 is 40.6 Å². The van der Waals surface area contributed by atoms with Gasteiger partial charge in [0.15, 0.2) is 5.60 Å². The first kappa shape index (κ1) is 20.6. The molecular weight excluding hydrogens is 401 g/mol. The van der Waals surface area contributed by atoms with Gasteiger partial charge in [-0.25, -0.2) is 0 Å². The Labute approximate surface area is 173 Å². The van der Waals surface area contributed by atoms with Gasteiger partial charge in [-0.1, -0.05) is 47.5 Å². The largest absolute Gasteiger partial charge is 0.491 e. The fourth-order valence-corrected chi connectivity index (χ4v) is 3.85. The smallest absolute Gasteiger partial charge is 0.264 e. The first-order valence-electron chi connectivity index (χ1n) is 8.92. The number of hydrogen-bond donors (Lipinski definition) is 1. The van der Waals surface area contributed by atoms with Crippen LogP contribution >= 0.6 is 23.2 Å². The van der Waals surface area contributed by atoms with Crippen molar-refractivity contribution in [3.8, 4) is 5.75 Å². The van der Waals surface area contributed by atoms with Crippen LogP contribution in [0, 0.1) is 0 Å². The van der Waals surface area contributed by atoms with Gasteiger partial charge in [0.05, 0.1) is 28.4 Å². The zero-order chi connectivity index (χ0) is 20.6. The van der Waals surface area contributed by atoms with Gasteiger partial charge in [-0.05, 0) is 32.9 Å². The molecule has 2 aromatic rings. The number of carbonyl (C=O) groups is 2. The molecule has 1 N–H and O–H groups in total. The third kappa shape index (κ3) is 3.62. The Hall–Kier alpha value is -2.08. The summed E-state index contributed by atoms with van der Waals surface area (Å²) in [6, 6.07) is 10.4. The van der Waals surface area contributed by atoms with Crippen LogP contribution in [0.2, 0.25) is 10.0 Å². The number of carbonyl (C=O) groups excluding carboxylic acids is 2. The predicted octanol–water partition coefficient (Wildman–Crippen LogP) is 4.49. The Bertz CT molecular complexity index is 944. The quantitative estimate of drug-likeness (QED) is 0.745. The molecule has 0 bridgehead atoms. The van der Waals surface area contributed by atoms with E-state index in [0.29, 0.717) is 11.4 Å². The number of benzene rings is 2. The molecule has 2 aromatic carbocycles. The average Bonchev–Trinajstić information content (AvgIpc) is 2.81. The van der Waals surface area contributed by atoms with E-state index < -0.39 is 11.5 Å². The lowest BCUT2D eigenvalue weighted by molar-refractivity contribution is -0.141. The maximum Gasteiger partial charge on any atom is 0.264 e. The summed E-state index contributed by atoms with van der Waals surface area (Å²) in [7, 11) is 0. The van der Waals surface area contributed by atoms with E-state index >= 15 is 0 Å². The van der Waals surface area contributed by atoms with Gasteiger partial charge >= 0.3 is 0 Å². The summed E-state index contributed by atoms with van der Waals surface area (Å²) in [5.74, 6) is -0.286. The molecule has 148 valence electrons. The van der Waals surface area contributed by atoms with Crippen LogP contribution in [0.15, 0.2) is 36.4 Å². The molecule has 0 saturated heterocycles. The monoisotopic (exact) mass is 421 g/mol. The summed E-state index contributed by atoms with van der Waals surface area (Å²) in [4.78, 5) is 26.3. The topological polar surface area (TPSA) is 66.8 Å². The van der Waals surface area contributed by atoms with E-state index in [0.717, 1.165) is 5.56 Å². The van der Waals surface area contributed by atoms with Crippen molar-refractivity contribution in [1.82, 2.24) is 0 Å². The second-order valence-corrected chi connectivity index (χ2v) is 7.95. The molecule has 0 aromatic heterocycles. The molecule has 1 atom stereocenters. The van der Waals surface area contributed by atoms with E-state index in [2.05, 4.69) is 0 Å². The molecule has 1 aliphatic heterocycles. The number of amides is 1. The second kappa shape index (κ2) is 7.74. The van der Waals surface area contributed by atoms with Crippen molar-refractivity contribution in [2.24, 2.45) is 0 Å². The van der Waals surface area contributed by atoms with Gasteiger partial charge < -0.3 is 14.7 Å². The highest BCUT2D eigenvalue weighted by Gasteiger charge is 2.51. The first-order valence-corrected chi connectivity index (χ1v) is 9.67. The molecule has 1 amide bonds. The van der Waals surface area contributed by atoms with Crippen molar-refractivity contribution in [3.05, 3.63) is 57.6 Å². The Balaban J connectivity index is 2.10. The highest BCUT2D eigenvalue weighted by Crippen LogP contribution is 2.49. The van der Waals surface area contributed by atoms with E-state index in [4.69, 9.17) is 27.9 Å². The number of Topliss-reactive ketones (excluding diaryl/α,β-unsaturated/α-hetero) is 1. The minimum atomic E-state index is -1.97. The molecule has 0 radical (unpaired) electrons. The number of nitrogens with zero attached hydrogens (tertiary/aromatic N) is 1. The normalized spacial score (nSPS) is 18.5. The number of ketones is 1. The fraction of sp³-hybridized carbons (Fsp3) is 0.333. The lowest BCUT2D eigenvalue weighted by Gasteiger charge is -2.23. The van der Waals surface area contributed by atoms with E-state index in [1.54, 1.807) is 6.07 Å². The van der Waals surface area contributed by atoms with Crippen molar-refractivity contribution in [2.45, 2.75) is 45.4 Å². The summed E-state index contributed by atoms with van der Waals surface area (Å²) in [5.41, 5.74) is -0.617. The van der Waals surface area contributed by atoms with Crippen molar-refractivity contribution in [2.75, 3.05) is 4.90 Å². The van der Waals surface area contributed by atoms with Gasteiger partial charge in [-0.15, -0.1) is 0 Å². The summed E-state index contributed by atoms with van der Waals surface area (Å²) < 4.78 is 5.84. The van der Waals surface area contributed by atoms with Gasteiger partial charge in [0.1, 0.15) is 11.5 Å². The number of aliphatic hydroxyl groups is 1. The molecule has 0 aliphatic carbocycles. The molecule has 5 nitrogen and oxygen atoms in total. The van der Waals surface area contributed by atoms with Crippen LogP contribution in [-0.2, 0) is 21.7 Å². The van der Waals surface area contributed by atoms with Crippen molar-refractivity contribution < 1.29 is 19.4 Å². The van der Waals surface area contributed by atoms with Gasteiger partial charge in [-0.2, -0.15) is 0 Å². The Morgan fingerprint density at radius 2 is 1.89 bits per heavy atom. The predicted molar refractivity (Wildman–Crippen MR) is 109 cm³/mol. The van der Waals surface area contributed by atoms with Gasteiger partial charge in [-0.3, -0.25) is 9.59 Å². The Kier molecular flexibility index (Phi) is 5.71. The number of hydrogen-bond acceptors (Lipinski definition) is 4. The molecule has 7 heteroatoms. The highest BCUT2D eigenvalue weighted by molar-refractivity contribution is 6.44. The minimum Gasteiger partial charge on any atom is -0.491 e. The lowest BCUT2D eigenvalue weighted by atomic mass is 9.90. The number of fused-ring (bicyclic) bond motifs is 1. The lowest BCUT2D eigenvalue weighted by Crippen LogP contribution is -2.41. The third-order valence-corrected chi connectivity index (χ3v) is 5.35. The minimum absolute atomic E-state index is 0.0459. The highest BCUT2D eigenvalue weighted by atomic mass is 35.5. The molecule has 1 heterocycles. The zero-order valence-electron chi connectivity index (χ0n) is 15.8. The number of para-hydroxylation sites is 1. The van der Waals surface area contributed by atoms with E-state index in [-0.39, 0.29) is 40.5 Å². The summed E-state index contributed by atoms with van der Waals surface area (Å²) in [6.07, 6.45) is -0.382. The van der Waals surface area contributed by atoms with Crippen molar-refractivity contribution in [1.29, 1.82) is 0 Å². The molecule has 1 aliphatic rings. The number of ether oxygens (including phenoxy) is 1. The Morgan fingerprint density at radius 3 is 2.54 bits per heavy atom. The van der Waals surface area contributed by atoms with Gasteiger partial charge in [0.25, 0.3) is 5.91 Å². The Morgan fingerprint density at radius 1 is 1.21 bits per heavy atom. The molecule has 0 saturated carbocycles. The van der Waals surface area contributed by atoms with E-state index in [9.17, 15) is 14.7 Å². The van der Waals surface area contributed by atoms with Crippen LogP contribution in [-0.4, -0.2) is 22.9 Å². The van der Waals surface area contributed by atoms with Crippen LogP contribution < -0.4 is 9.64 Å². The zero-order valence-corrected chi connectivity index (χ0v) is 17.3. The third-order valence-electron chi connectivity index (χ3n) is 4.55. The first-order chi connectivity index (χ1) is 13.1. The average molecular weight is 422 g/mol. The fourth-order valence-electron chi connectivity index (χ4n) is 3.43. The second-order valence-electron chi connectivity index (χ2n) is 7.16. The number of rotatable bonds is 6. The SMILES string of the molecule is CC(=O)C[C@]1(O)C(=O)N(Cc2ccccc2OC(C)C)c2c1ccc(Cl)c2Cl. The van der Waals surface area contributed by atoms with E-state index in [1.807, 2.05) is 38.1 Å². The summed E-state index contributed by atoms with van der Waals surface area (Å²) in [5, 5.41) is 11.5. The molecule has 0 fully saturated rings. The molecule has 28 heavy (non-hydrogen) atoms.